The molecule has 94 valence electrons. The number of hydrogen-bond acceptors (Lipinski definition) is 2. The SMILES string of the molecule is COc1ccc(Cc2cc(OC)ccc2C)cc1. The largest absolute Gasteiger partial charge is 0.497 e. The Morgan fingerprint density at radius 2 is 1.44 bits per heavy atom. The molecule has 0 bridgehead atoms. The van der Waals surface area contributed by atoms with Crippen LogP contribution in [-0.2, 0) is 6.42 Å². The molecule has 0 aromatic heterocycles. The summed E-state index contributed by atoms with van der Waals surface area (Å²) in [5, 5.41) is 0. The molecule has 0 aliphatic heterocycles. The van der Waals surface area contributed by atoms with Crippen LogP contribution in [0.2, 0.25) is 0 Å². The van der Waals surface area contributed by atoms with Crippen molar-refractivity contribution in [3.8, 4) is 11.5 Å². The summed E-state index contributed by atoms with van der Waals surface area (Å²) in [4.78, 5) is 0. The van der Waals surface area contributed by atoms with Crippen LogP contribution in [0, 0.1) is 6.92 Å². The minimum Gasteiger partial charge on any atom is -0.497 e. The van der Waals surface area contributed by atoms with E-state index in [-0.39, 0.29) is 0 Å². The molecule has 0 heterocycles. The second kappa shape index (κ2) is 5.58. The maximum absolute atomic E-state index is 5.26. The van der Waals surface area contributed by atoms with Crippen molar-refractivity contribution in [2.75, 3.05) is 14.2 Å². The first-order valence-electron chi connectivity index (χ1n) is 5.99. The minimum atomic E-state index is 0.890. The van der Waals surface area contributed by atoms with Crippen LogP contribution < -0.4 is 9.47 Å². The third-order valence-electron chi connectivity index (χ3n) is 3.11. The second-order valence-corrected chi connectivity index (χ2v) is 4.32. The molecule has 2 aromatic carbocycles. The summed E-state index contributed by atoms with van der Waals surface area (Å²) in [6.07, 6.45) is 0.910. The minimum absolute atomic E-state index is 0.890. The summed E-state index contributed by atoms with van der Waals surface area (Å²) in [7, 11) is 3.38. The number of aryl methyl sites for hydroxylation is 1. The van der Waals surface area contributed by atoms with E-state index in [1.807, 2.05) is 18.2 Å². The van der Waals surface area contributed by atoms with Gasteiger partial charge in [-0.15, -0.1) is 0 Å². The molecule has 18 heavy (non-hydrogen) atoms. The lowest BCUT2D eigenvalue weighted by molar-refractivity contribution is 0.414. The van der Waals surface area contributed by atoms with Gasteiger partial charge in [0.05, 0.1) is 14.2 Å². The van der Waals surface area contributed by atoms with E-state index < -0.39 is 0 Å². The van der Waals surface area contributed by atoms with Gasteiger partial charge >= 0.3 is 0 Å². The van der Waals surface area contributed by atoms with E-state index in [0.29, 0.717) is 0 Å². The van der Waals surface area contributed by atoms with Crippen LogP contribution >= 0.6 is 0 Å². The Bertz CT molecular complexity index is 515. The monoisotopic (exact) mass is 242 g/mol. The number of hydrogen-bond donors (Lipinski definition) is 0. The van der Waals surface area contributed by atoms with Crippen LogP contribution in [0.5, 0.6) is 11.5 Å². The van der Waals surface area contributed by atoms with Gasteiger partial charge in [0.15, 0.2) is 0 Å². The normalized spacial score (nSPS) is 10.2. The van der Waals surface area contributed by atoms with Crippen LogP contribution in [0.25, 0.3) is 0 Å². The van der Waals surface area contributed by atoms with Crippen LogP contribution in [-0.4, -0.2) is 14.2 Å². The number of methoxy groups -OCH3 is 2. The lowest BCUT2D eigenvalue weighted by Crippen LogP contribution is -1.94. The van der Waals surface area contributed by atoms with Crippen LogP contribution in [0.15, 0.2) is 42.5 Å². The van der Waals surface area contributed by atoms with Gasteiger partial charge in [-0.3, -0.25) is 0 Å². The predicted octanol–water partition coefficient (Wildman–Crippen LogP) is 3.60. The van der Waals surface area contributed by atoms with Gasteiger partial charge in [0.1, 0.15) is 11.5 Å². The zero-order valence-corrected chi connectivity index (χ0v) is 11.1. The van der Waals surface area contributed by atoms with Gasteiger partial charge in [-0.1, -0.05) is 18.2 Å². The van der Waals surface area contributed by atoms with Crippen LogP contribution in [0.4, 0.5) is 0 Å². The van der Waals surface area contributed by atoms with Crippen molar-refractivity contribution in [2.24, 2.45) is 0 Å². The molecule has 0 aliphatic carbocycles. The Kier molecular flexibility index (Phi) is 3.88. The summed E-state index contributed by atoms with van der Waals surface area (Å²) in [6, 6.07) is 14.4. The summed E-state index contributed by atoms with van der Waals surface area (Å²) >= 11 is 0. The first-order valence-corrected chi connectivity index (χ1v) is 5.99. The average Bonchev–Trinajstić information content (AvgIpc) is 2.42. The molecule has 0 aliphatic rings. The van der Waals surface area contributed by atoms with Gasteiger partial charge in [0, 0.05) is 0 Å². The summed E-state index contributed by atoms with van der Waals surface area (Å²) in [5.41, 5.74) is 3.85. The highest BCUT2D eigenvalue weighted by Crippen LogP contribution is 2.21. The Morgan fingerprint density at radius 1 is 0.833 bits per heavy atom. The Morgan fingerprint density at radius 3 is 2.06 bits per heavy atom. The van der Waals surface area contributed by atoms with Gasteiger partial charge in [0.25, 0.3) is 0 Å². The predicted molar refractivity (Wildman–Crippen MR) is 73.5 cm³/mol. The van der Waals surface area contributed by atoms with E-state index in [2.05, 4.69) is 31.2 Å². The first-order chi connectivity index (χ1) is 8.72. The van der Waals surface area contributed by atoms with Crippen molar-refractivity contribution >= 4 is 0 Å². The zero-order valence-electron chi connectivity index (χ0n) is 11.1. The fourth-order valence-electron chi connectivity index (χ4n) is 1.93. The highest BCUT2D eigenvalue weighted by Gasteiger charge is 2.03. The van der Waals surface area contributed by atoms with Crippen molar-refractivity contribution < 1.29 is 9.47 Å². The van der Waals surface area contributed by atoms with Crippen LogP contribution in [0.1, 0.15) is 16.7 Å². The van der Waals surface area contributed by atoms with E-state index in [4.69, 9.17) is 9.47 Å². The molecule has 2 heteroatoms. The smallest absolute Gasteiger partial charge is 0.119 e. The fraction of sp³-hybridized carbons (Fsp3) is 0.250. The van der Waals surface area contributed by atoms with Crippen molar-refractivity contribution in [1.82, 2.24) is 0 Å². The first kappa shape index (κ1) is 12.5. The van der Waals surface area contributed by atoms with E-state index in [1.165, 1.54) is 16.7 Å². The molecular weight excluding hydrogens is 224 g/mol. The number of benzene rings is 2. The van der Waals surface area contributed by atoms with E-state index in [9.17, 15) is 0 Å². The zero-order chi connectivity index (χ0) is 13.0. The highest BCUT2D eigenvalue weighted by atomic mass is 16.5. The van der Waals surface area contributed by atoms with Crippen molar-refractivity contribution in [2.45, 2.75) is 13.3 Å². The molecule has 0 saturated carbocycles. The fourth-order valence-corrected chi connectivity index (χ4v) is 1.93. The lowest BCUT2D eigenvalue weighted by Gasteiger charge is -2.09. The average molecular weight is 242 g/mol. The number of rotatable bonds is 4. The quantitative estimate of drug-likeness (QED) is 0.815. The molecule has 0 spiro atoms. The van der Waals surface area contributed by atoms with Gasteiger partial charge in [-0.25, -0.2) is 0 Å². The third kappa shape index (κ3) is 2.83. The summed E-state index contributed by atoms with van der Waals surface area (Å²) in [5.74, 6) is 1.80. The van der Waals surface area contributed by atoms with Gasteiger partial charge in [-0.2, -0.15) is 0 Å². The van der Waals surface area contributed by atoms with Crippen molar-refractivity contribution in [1.29, 1.82) is 0 Å². The van der Waals surface area contributed by atoms with E-state index in [0.717, 1.165) is 17.9 Å². The topological polar surface area (TPSA) is 18.5 Å². The maximum atomic E-state index is 5.26. The Labute approximate surface area is 108 Å². The highest BCUT2D eigenvalue weighted by molar-refractivity contribution is 5.39. The Hall–Kier alpha value is -1.96. The van der Waals surface area contributed by atoms with Crippen LogP contribution in [0.3, 0.4) is 0 Å². The lowest BCUT2D eigenvalue weighted by atomic mass is 10.0. The molecule has 2 nitrogen and oxygen atoms in total. The molecule has 2 rings (SSSR count). The van der Waals surface area contributed by atoms with E-state index in [1.54, 1.807) is 14.2 Å². The summed E-state index contributed by atoms with van der Waals surface area (Å²) < 4.78 is 10.4. The molecule has 0 radical (unpaired) electrons. The third-order valence-corrected chi connectivity index (χ3v) is 3.11. The molecule has 0 atom stereocenters. The standard InChI is InChI=1S/C16H18O2/c1-12-4-7-16(18-3)11-14(12)10-13-5-8-15(17-2)9-6-13/h4-9,11H,10H2,1-3H3. The molecule has 0 amide bonds. The number of ether oxygens (including phenoxy) is 2. The molecule has 0 fully saturated rings. The molecule has 0 saturated heterocycles. The molecule has 0 unspecified atom stereocenters. The maximum Gasteiger partial charge on any atom is 0.119 e. The molecule has 0 N–H and O–H groups in total. The van der Waals surface area contributed by atoms with Gasteiger partial charge < -0.3 is 9.47 Å². The van der Waals surface area contributed by atoms with Crippen molar-refractivity contribution in [3.63, 3.8) is 0 Å². The van der Waals surface area contributed by atoms with Gasteiger partial charge in [-0.05, 0) is 54.3 Å². The molecular formula is C16H18O2. The summed E-state index contributed by atoms with van der Waals surface area (Å²) in [6.45, 7) is 2.12. The van der Waals surface area contributed by atoms with E-state index >= 15 is 0 Å². The van der Waals surface area contributed by atoms with Gasteiger partial charge in [0.2, 0.25) is 0 Å². The Balaban J connectivity index is 2.21. The molecule has 2 aromatic rings. The van der Waals surface area contributed by atoms with Crippen molar-refractivity contribution in [3.05, 3.63) is 59.2 Å². The second-order valence-electron chi connectivity index (χ2n) is 4.32.